The standard InChI is InChI=1S/C19H17F2N3O2S/c1-11-3-5-14(6-4-11)17-22-19(24-23-17)27-12(2)16(25)13-7-9-15(10-8-13)26-18(20)21/h3-10,12,18H,1-2H3,(H,22,23,24)/t12-/m0/s1. The molecule has 3 rings (SSSR count). The fraction of sp³-hybridized carbons (Fsp3) is 0.211. The van der Waals surface area contributed by atoms with Gasteiger partial charge in [0.2, 0.25) is 5.16 Å². The third-order valence-corrected chi connectivity index (χ3v) is 4.77. The maximum Gasteiger partial charge on any atom is 0.387 e. The number of rotatable bonds is 7. The van der Waals surface area contributed by atoms with Crippen LogP contribution in [0.4, 0.5) is 8.78 Å². The van der Waals surface area contributed by atoms with Gasteiger partial charge < -0.3 is 4.74 Å². The minimum atomic E-state index is -2.89. The summed E-state index contributed by atoms with van der Waals surface area (Å²) in [5, 5.41) is 7.05. The van der Waals surface area contributed by atoms with Crippen molar-refractivity contribution in [3.63, 3.8) is 0 Å². The van der Waals surface area contributed by atoms with Crippen LogP contribution in [0.25, 0.3) is 11.4 Å². The number of alkyl halides is 2. The molecule has 1 aromatic heterocycles. The Morgan fingerprint density at radius 1 is 1.11 bits per heavy atom. The lowest BCUT2D eigenvalue weighted by molar-refractivity contribution is -0.0498. The van der Waals surface area contributed by atoms with Crippen LogP contribution >= 0.6 is 11.8 Å². The number of benzene rings is 2. The number of thioether (sulfide) groups is 1. The van der Waals surface area contributed by atoms with Gasteiger partial charge in [0, 0.05) is 11.1 Å². The molecule has 2 aromatic carbocycles. The SMILES string of the molecule is Cc1ccc(-c2nc(S[C@@H](C)C(=O)c3ccc(OC(F)F)cc3)n[nH]2)cc1. The van der Waals surface area contributed by atoms with Crippen molar-refractivity contribution in [1.82, 2.24) is 15.2 Å². The van der Waals surface area contributed by atoms with E-state index in [4.69, 9.17) is 0 Å². The van der Waals surface area contributed by atoms with E-state index in [1.165, 1.54) is 36.0 Å². The van der Waals surface area contributed by atoms with Crippen molar-refractivity contribution in [3.8, 4) is 17.1 Å². The number of carbonyl (C=O) groups excluding carboxylic acids is 1. The zero-order valence-electron chi connectivity index (χ0n) is 14.6. The third kappa shape index (κ3) is 4.91. The number of halogens is 2. The number of aromatic amines is 1. The number of ketones is 1. The predicted octanol–water partition coefficient (Wildman–Crippen LogP) is 4.75. The van der Waals surface area contributed by atoms with E-state index in [0.29, 0.717) is 16.5 Å². The zero-order chi connectivity index (χ0) is 19.4. The first-order chi connectivity index (χ1) is 12.9. The second-order valence-corrected chi connectivity index (χ2v) is 7.17. The molecule has 0 amide bonds. The van der Waals surface area contributed by atoms with Gasteiger partial charge in [-0.1, -0.05) is 41.6 Å². The molecule has 0 saturated carbocycles. The summed E-state index contributed by atoms with van der Waals surface area (Å²) in [6, 6.07) is 13.5. The number of Topliss-reactive ketones (excluding diaryl/α,β-unsaturated/α-hetero) is 1. The second-order valence-electron chi connectivity index (χ2n) is 5.86. The number of H-pyrrole nitrogens is 1. The molecule has 27 heavy (non-hydrogen) atoms. The predicted molar refractivity (Wildman–Crippen MR) is 99.3 cm³/mol. The molecule has 0 aliphatic carbocycles. The quantitative estimate of drug-likeness (QED) is 0.467. The number of aryl methyl sites for hydroxylation is 1. The van der Waals surface area contributed by atoms with Gasteiger partial charge in [-0.2, -0.15) is 8.78 Å². The molecule has 0 saturated heterocycles. The van der Waals surface area contributed by atoms with Crippen molar-refractivity contribution in [1.29, 1.82) is 0 Å². The Balaban J connectivity index is 1.65. The van der Waals surface area contributed by atoms with Gasteiger partial charge in [-0.15, -0.1) is 5.10 Å². The summed E-state index contributed by atoms with van der Waals surface area (Å²) >= 11 is 1.23. The Morgan fingerprint density at radius 3 is 2.41 bits per heavy atom. The van der Waals surface area contributed by atoms with Gasteiger partial charge in [-0.3, -0.25) is 9.89 Å². The van der Waals surface area contributed by atoms with E-state index in [1.807, 2.05) is 31.2 Å². The van der Waals surface area contributed by atoms with Crippen molar-refractivity contribution in [2.45, 2.75) is 30.9 Å². The summed E-state index contributed by atoms with van der Waals surface area (Å²) in [4.78, 5) is 16.9. The summed E-state index contributed by atoms with van der Waals surface area (Å²) in [5.41, 5.74) is 2.47. The molecule has 1 N–H and O–H groups in total. The van der Waals surface area contributed by atoms with Crippen molar-refractivity contribution in [2.24, 2.45) is 0 Å². The van der Waals surface area contributed by atoms with Crippen LogP contribution in [0.3, 0.4) is 0 Å². The fourth-order valence-corrected chi connectivity index (χ4v) is 3.19. The summed E-state index contributed by atoms with van der Waals surface area (Å²) in [6.45, 7) is 0.859. The highest BCUT2D eigenvalue weighted by Gasteiger charge is 2.19. The molecule has 8 heteroatoms. The van der Waals surface area contributed by atoms with Gasteiger partial charge in [0.15, 0.2) is 11.6 Å². The highest BCUT2D eigenvalue weighted by molar-refractivity contribution is 8.00. The van der Waals surface area contributed by atoms with E-state index in [2.05, 4.69) is 19.9 Å². The van der Waals surface area contributed by atoms with Crippen molar-refractivity contribution in [3.05, 3.63) is 59.7 Å². The summed E-state index contributed by atoms with van der Waals surface area (Å²) < 4.78 is 28.7. The fourth-order valence-electron chi connectivity index (χ4n) is 2.39. The van der Waals surface area contributed by atoms with Gasteiger partial charge >= 0.3 is 6.61 Å². The Bertz CT molecular complexity index is 911. The molecular formula is C19H17F2N3O2S. The number of hydrogen-bond acceptors (Lipinski definition) is 5. The molecule has 0 spiro atoms. The molecule has 0 aliphatic rings. The largest absolute Gasteiger partial charge is 0.435 e. The molecule has 1 heterocycles. The lowest BCUT2D eigenvalue weighted by Crippen LogP contribution is -2.13. The first kappa shape index (κ1) is 19.0. The second kappa shape index (κ2) is 8.30. The lowest BCUT2D eigenvalue weighted by Gasteiger charge is -2.09. The molecule has 0 aliphatic heterocycles. The Kier molecular flexibility index (Phi) is 5.85. The highest BCUT2D eigenvalue weighted by Crippen LogP contribution is 2.26. The van der Waals surface area contributed by atoms with Crippen LogP contribution < -0.4 is 4.74 Å². The van der Waals surface area contributed by atoms with Gasteiger partial charge in [-0.05, 0) is 38.1 Å². The minimum Gasteiger partial charge on any atom is -0.435 e. The minimum absolute atomic E-state index is 0.0126. The summed E-state index contributed by atoms with van der Waals surface area (Å²) in [7, 11) is 0. The van der Waals surface area contributed by atoms with Crippen LogP contribution in [0.5, 0.6) is 5.75 Å². The Hall–Kier alpha value is -2.74. The van der Waals surface area contributed by atoms with Crippen LogP contribution in [-0.4, -0.2) is 32.8 Å². The molecule has 1 atom stereocenters. The topological polar surface area (TPSA) is 67.9 Å². The number of nitrogens with zero attached hydrogens (tertiary/aromatic N) is 2. The number of hydrogen-bond donors (Lipinski definition) is 1. The van der Waals surface area contributed by atoms with E-state index in [-0.39, 0.29) is 11.5 Å². The normalized spacial score (nSPS) is 12.2. The zero-order valence-corrected chi connectivity index (χ0v) is 15.5. The van der Waals surface area contributed by atoms with Gasteiger partial charge in [0.05, 0.1) is 5.25 Å². The molecule has 3 aromatic rings. The van der Waals surface area contributed by atoms with Crippen LogP contribution in [0, 0.1) is 6.92 Å². The number of ether oxygens (including phenoxy) is 1. The number of nitrogens with one attached hydrogen (secondary N) is 1. The molecule has 140 valence electrons. The Morgan fingerprint density at radius 2 is 1.78 bits per heavy atom. The monoisotopic (exact) mass is 389 g/mol. The van der Waals surface area contributed by atoms with Crippen molar-refractivity contribution in [2.75, 3.05) is 0 Å². The summed E-state index contributed by atoms with van der Waals surface area (Å²) in [5.74, 6) is 0.495. The van der Waals surface area contributed by atoms with Crippen molar-refractivity contribution < 1.29 is 18.3 Å². The van der Waals surface area contributed by atoms with E-state index >= 15 is 0 Å². The van der Waals surface area contributed by atoms with Gasteiger partial charge in [0.1, 0.15) is 5.75 Å². The smallest absolute Gasteiger partial charge is 0.387 e. The van der Waals surface area contributed by atoms with Crippen LogP contribution in [-0.2, 0) is 0 Å². The van der Waals surface area contributed by atoms with E-state index < -0.39 is 11.9 Å². The Labute approximate surface area is 159 Å². The van der Waals surface area contributed by atoms with Crippen molar-refractivity contribution >= 4 is 17.5 Å². The number of carbonyl (C=O) groups is 1. The first-order valence-electron chi connectivity index (χ1n) is 8.17. The van der Waals surface area contributed by atoms with E-state index in [0.717, 1.165) is 11.1 Å². The molecule has 0 unspecified atom stereocenters. The average Bonchev–Trinajstić information content (AvgIpc) is 3.10. The van der Waals surface area contributed by atoms with E-state index in [9.17, 15) is 13.6 Å². The third-order valence-electron chi connectivity index (χ3n) is 3.81. The average molecular weight is 389 g/mol. The van der Waals surface area contributed by atoms with Gasteiger partial charge in [0.25, 0.3) is 0 Å². The summed E-state index contributed by atoms with van der Waals surface area (Å²) in [6.07, 6.45) is 0. The molecule has 0 fully saturated rings. The molecule has 0 radical (unpaired) electrons. The maximum atomic E-state index is 12.5. The van der Waals surface area contributed by atoms with Crippen LogP contribution in [0.15, 0.2) is 53.7 Å². The van der Waals surface area contributed by atoms with Crippen LogP contribution in [0.2, 0.25) is 0 Å². The van der Waals surface area contributed by atoms with E-state index in [1.54, 1.807) is 6.92 Å². The van der Waals surface area contributed by atoms with Gasteiger partial charge in [-0.25, -0.2) is 4.98 Å². The lowest BCUT2D eigenvalue weighted by atomic mass is 10.1. The molecule has 0 bridgehead atoms. The maximum absolute atomic E-state index is 12.5. The first-order valence-corrected chi connectivity index (χ1v) is 9.05. The highest BCUT2D eigenvalue weighted by atomic mass is 32.2. The van der Waals surface area contributed by atoms with Crippen LogP contribution in [0.1, 0.15) is 22.8 Å². The molecular weight excluding hydrogens is 372 g/mol. The molecule has 5 nitrogen and oxygen atoms in total. The number of aromatic nitrogens is 3.